The van der Waals surface area contributed by atoms with Gasteiger partial charge in [0.15, 0.2) is 0 Å². The fraction of sp³-hybridized carbons (Fsp3) is 0.0870. The maximum atomic E-state index is 14.2. The zero-order valence-electron chi connectivity index (χ0n) is 14.6. The molecule has 0 atom stereocenters. The van der Waals surface area contributed by atoms with Crippen LogP contribution in [0.5, 0.6) is 0 Å². The molecule has 0 spiro atoms. The fourth-order valence-electron chi connectivity index (χ4n) is 3.03. The van der Waals surface area contributed by atoms with E-state index in [1.54, 1.807) is 12.1 Å². The standard InChI is InChI=1S/C23H19FN2/c1-17-11-13-19(14-12-17)23-15-22(18-7-3-2-4-8-18)25-26(23)16-20-9-5-6-10-21(20)24/h2-15H,16H2,1H3. The third-order valence-corrected chi connectivity index (χ3v) is 4.47. The highest BCUT2D eigenvalue weighted by Crippen LogP contribution is 2.27. The molecule has 3 aromatic carbocycles. The molecule has 3 heteroatoms. The number of rotatable bonds is 4. The summed E-state index contributed by atoms with van der Waals surface area (Å²) in [5.41, 5.74) is 5.82. The number of aryl methyl sites for hydroxylation is 1. The van der Waals surface area contributed by atoms with E-state index in [1.165, 1.54) is 11.6 Å². The Kier molecular flexibility index (Phi) is 4.36. The van der Waals surface area contributed by atoms with E-state index in [9.17, 15) is 4.39 Å². The number of hydrogen-bond donors (Lipinski definition) is 0. The van der Waals surface area contributed by atoms with E-state index >= 15 is 0 Å². The Balaban J connectivity index is 1.81. The Hall–Kier alpha value is -3.20. The summed E-state index contributed by atoms with van der Waals surface area (Å²) in [7, 11) is 0. The smallest absolute Gasteiger partial charge is 0.128 e. The Morgan fingerprint density at radius 2 is 1.50 bits per heavy atom. The lowest BCUT2D eigenvalue weighted by molar-refractivity contribution is 0.587. The molecule has 0 N–H and O–H groups in total. The second kappa shape index (κ2) is 6.96. The van der Waals surface area contributed by atoms with E-state index in [0.29, 0.717) is 12.1 Å². The summed E-state index contributed by atoms with van der Waals surface area (Å²) in [6, 6.07) is 27.3. The summed E-state index contributed by atoms with van der Waals surface area (Å²) in [4.78, 5) is 0. The van der Waals surface area contributed by atoms with Crippen molar-refractivity contribution in [3.63, 3.8) is 0 Å². The first-order valence-corrected chi connectivity index (χ1v) is 8.64. The lowest BCUT2D eigenvalue weighted by Crippen LogP contribution is -2.05. The van der Waals surface area contributed by atoms with E-state index in [4.69, 9.17) is 5.10 Å². The maximum Gasteiger partial charge on any atom is 0.128 e. The number of hydrogen-bond acceptors (Lipinski definition) is 1. The predicted molar refractivity (Wildman–Crippen MR) is 103 cm³/mol. The fourth-order valence-corrected chi connectivity index (χ4v) is 3.03. The van der Waals surface area contributed by atoms with Crippen LogP contribution >= 0.6 is 0 Å². The van der Waals surface area contributed by atoms with Gasteiger partial charge >= 0.3 is 0 Å². The average molecular weight is 342 g/mol. The molecule has 4 rings (SSSR count). The highest BCUT2D eigenvalue weighted by molar-refractivity contribution is 5.69. The van der Waals surface area contributed by atoms with Crippen molar-refractivity contribution < 1.29 is 4.39 Å². The molecule has 26 heavy (non-hydrogen) atoms. The average Bonchev–Trinajstić information content (AvgIpc) is 3.09. The van der Waals surface area contributed by atoms with Gasteiger partial charge in [-0.05, 0) is 24.6 Å². The largest absolute Gasteiger partial charge is 0.260 e. The minimum Gasteiger partial charge on any atom is -0.260 e. The molecule has 0 aliphatic carbocycles. The molecule has 0 radical (unpaired) electrons. The summed E-state index contributed by atoms with van der Waals surface area (Å²) < 4.78 is 16.0. The number of halogens is 1. The second-order valence-corrected chi connectivity index (χ2v) is 6.40. The normalized spacial score (nSPS) is 10.8. The van der Waals surface area contributed by atoms with Crippen molar-refractivity contribution in [1.29, 1.82) is 0 Å². The van der Waals surface area contributed by atoms with Gasteiger partial charge in [-0.1, -0.05) is 78.4 Å². The number of nitrogens with zero attached hydrogens (tertiary/aromatic N) is 2. The van der Waals surface area contributed by atoms with Crippen molar-refractivity contribution in [2.45, 2.75) is 13.5 Å². The molecule has 0 saturated heterocycles. The van der Waals surface area contributed by atoms with Gasteiger partial charge in [-0.3, -0.25) is 4.68 Å². The molecule has 1 heterocycles. The summed E-state index contributed by atoms with van der Waals surface area (Å²) >= 11 is 0. The molecule has 0 fully saturated rings. The molecule has 128 valence electrons. The van der Waals surface area contributed by atoms with Crippen LogP contribution in [0, 0.1) is 12.7 Å². The lowest BCUT2D eigenvalue weighted by Gasteiger charge is -2.09. The Labute approximate surface area is 152 Å². The van der Waals surface area contributed by atoms with Gasteiger partial charge in [0.05, 0.1) is 17.9 Å². The van der Waals surface area contributed by atoms with Crippen LogP contribution in [-0.2, 0) is 6.54 Å². The van der Waals surface area contributed by atoms with Crippen molar-refractivity contribution in [2.24, 2.45) is 0 Å². The summed E-state index contributed by atoms with van der Waals surface area (Å²) in [5.74, 6) is -0.209. The van der Waals surface area contributed by atoms with Crippen molar-refractivity contribution >= 4 is 0 Å². The van der Waals surface area contributed by atoms with Crippen molar-refractivity contribution in [1.82, 2.24) is 9.78 Å². The molecule has 0 aliphatic rings. The first-order chi connectivity index (χ1) is 12.7. The minimum absolute atomic E-state index is 0.209. The summed E-state index contributed by atoms with van der Waals surface area (Å²) in [5, 5.41) is 4.77. The minimum atomic E-state index is -0.209. The molecule has 0 unspecified atom stereocenters. The molecule has 0 bridgehead atoms. The quantitative estimate of drug-likeness (QED) is 0.464. The van der Waals surface area contributed by atoms with E-state index < -0.39 is 0 Å². The van der Waals surface area contributed by atoms with E-state index in [2.05, 4.69) is 37.3 Å². The van der Waals surface area contributed by atoms with Gasteiger partial charge in [-0.15, -0.1) is 0 Å². The summed E-state index contributed by atoms with van der Waals surface area (Å²) in [6.45, 7) is 2.46. The van der Waals surface area contributed by atoms with Gasteiger partial charge in [0.1, 0.15) is 5.82 Å². The van der Waals surface area contributed by atoms with Crippen molar-refractivity contribution in [3.05, 3.63) is 102 Å². The molecule has 1 aromatic heterocycles. The maximum absolute atomic E-state index is 14.2. The van der Waals surface area contributed by atoms with Crippen molar-refractivity contribution in [3.8, 4) is 22.5 Å². The van der Waals surface area contributed by atoms with Crippen LogP contribution in [-0.4, -0.2) is 9.78 Å². The van der Waals surface area contributed by atoms with E-state index in [-0.39, 0.29) is 5.82 Å². The Bertz CT molecular complexity index is 1020. The second-order valence-electron chi connectivity index (χ2n) is 6.40. The molecule has 0 amide bonds. The first kappa shape index (κ1) is 16.3. The van der Waals surface area contributed by atoms with Crippen LogP contribution in [0.2, 0.25) is 0 Å². The highest BCUT2D eigenvalue weighted by Gasteiger charge is 2.13. The number of aromatic nitrogens is 2. The van der Waals surface area contributed by atoms with E-state index in [0.717, 1.165) is 22.5 Å². The highest BCUT2D eigenvalue weighted by atomic mass is 19.1. The molecular formula is C23H19FN2. The molecular weight excluding hydrogens is 323 g/mol. The van der Waals surface area contributed by atoms with Gasteiger partial charge in [0.2, 0.25) is 0 Å². The first-order valence-electron chi connectivity index (χ1n) is 8.64. The Morgan fingerprint density at radius 3 is 2.23 bits per heavy atom. The zero-order chi connectivity index (χ0) is 17.9. The van der Waals surface area contributed by atoms with Gasteiger partial charge in [0.25, 0.3) is 0 Å². The number of benzene rings is 3. The van der Waals surface area contributed by atoms with Crippen LogP contribution in [0.25, 0.3) is 22.5 Å². The molecule has 4 aromatic rings. The third-order valence-electron chi connectivity index (χ3n) is 4.47. The third kappa shape index (κ3) is 3.29. The zero-order valence-corrected chi connectivity index (χ0v) is 14.6. The topological polar surface area (TPSA) is 17.8 Å². The van der Waals surface area contributed by atoms with Gasteiger partial charge in [-0.2, -0.15) is 5.10 Å². The van der Waals surface area contributed by atoms with Crippen LogP contribution in [0.15, 0.2) is 84.9 Å². The molecule has 2 nitrogen and oxygen atoms in total. The SMILES string of the molecule is Cc1ccc(-c2cc(-c3ccccc3)nn2Cc2ccccc2F)cc1. The predicted octanol–water partition coefficient (Wildman–Crippen LogP) is 5.71. The Morgan fingerprint density at radius 1 is 0.808 bits per heavy atom. The monoisotopic (exact) mass is 342 g/mol. The van der Waals surface area contributed by atoms with Crippen molar-refractivity contribution in [2.75, 3.05) is 0 Å². The summed E-state index contributed by atoms with van der Waals surface area (Å²) in [6.07, 6.45) is 0. The van der Waals surface area contributed by atoms with Crippen LogP contribution in [0.4, 0.5) is 4.39 Å². The lowest BCUT2D eigenvalue weighted by atomic mass is 10.1. The van der Waals surface area contributed by atoms with Crippen LogP contribution in [0.1, 0.15) is 11.1 Å². The van der Waals surface area contributed by atoms with Crippen LogP contribution < -0.4 is 0 Å². The molecule has 0 saturated carbocycles. The molecule has 0 aliphatic heterocycles. The van der Waals surface area contributed by atoms with Gasteiger partial charge < -0.3 is 0 Å². The van der Waals surface area contributed by atoms with Gasteiger partial charge in [0, 0.05) is 11.1 Å². The van der Waals surface area contributed by atoms with Crippen LogP contribution in [0.3, 0.4) is 0 Å². The van der Waals surface area contributed by atoms with Gasteiger partial charge in [-0.25, -0.2) is 4.39 Å². The van der Waals surface area contributed by atoms with E-state index in [1.807, 2.05) is 41.1 Å².